The minimum absolute atomic E-state index is 0.310. The van der Waals surface area contributed by atoms with Crippen LogP contribution in [0.2, 0.25) is 0 Å². The highest BCUT2D eigenvalue weighted by Crippen LogP contribution is 2.27. The predicted octanol–water partition coefficient (Wildman–Crippen LogP) is 2.28. The summed E-state index contributed by atoms with van der Waals surface area (Å²) in [7, 11) is 1.74. The van der Waals surface area contributed by atoms with Gasteiger partial charge in [-0.3, -0.25) is 0 Å². The minimum Gasteiger partial charge on any atom is -0.383 e. The first kappa shape index (κ1) is 15.3. The van der Waals surface area contributed by atoms with E-state index in [0.29, 0.717) is 19.2 Å². The predicted molar refractivity (Wildman–Crippen MR) is 83.1 cm³/mol. The molecule has 0 spiro atoms. The summed E-state index contributed by atoms with van der Waals surface area (Å²) in [5, 5.41) is 0. The fraction of sp³-hybridized carbons (Fsp3) is 0.688. The third-order valence-corrected chi connectivity index (χ3v) is 4.13. The number of rotatable bonds is 6. The van der Waals surface area contributed by atoms with Gasteiger partial charge in [0, 0.05) is 31.5 Å². The molecule has 1 atom stereocenters. The number of hydrogen-bond donors (Lipinski definition) is 1. The molecule has 1 heterocycles. The molecule has 4 nitrogen and oxygen atoms in total. The third-order valence-electron chi connectivity index (χ3n) is 4.13. The number of nitrogens with zero attached hydrogens (tertiary/aromatic N) is 2. The summed E-state index contributed by atoms with van der Waals surface area (Å²) in [6.45, 7) is 6.51. The summed E-state index contributed by atoms with van der Waals surface area (Å²) in [5.74, 6) is 1.06. The fourth-order valence-corrected chi connectivity index (χ4v) is 3.07. The van der Waals surface area contributed by atoms with Crippen molar-refractivity contribution in [3.8, 4) is 0 Å². The van der Waals surface area contributed by atoms with Crippen molar-refractivity contribution >= 4 is 5.82 Å². The highest BCUT2D eigenvalue weighted by Gasteiger charge is 2.20. The molecule has 0 aromatic carbocycles. The quantitative estimate of drug-likeness (QED) is 0.866. The molecule has 1 unspecified atom stereocenters. The Bertz CT molecular complexity index is 448. The topological polar surface area (TPSA) is 51.4 Å². The number of anilines is 1. The van der Waals surface area contributed by atoms with Crippen LogP contribution in [0.3, 0.4) is 0 Å². The Morgan fingerprint density at radius 2 is 2.15 bits per heavy atom. The number of ether oxygens (including phenoxy) is 1. The summed E-state index contributed by atoms with van der Waals surface area (Å²) in [5.41, 5.74) is 9.78. The highest BCUT2D eigenvalue weighted by molar-refractivity contribution is 5.51. The number of methoxy groups -OCH3 is 1. The third kappa shape index (κ3) is 3.13. The molecule has 0 amide bonds. The average Bonchev–Trinajstić information content (AvgIpc) is 2.47. The van der Waals surface area contributed by atoms with Gasteiger partial charge in [0.15, 0.2) is 0 Å². The summed E-state index contributed by atoms with van der Waals surface area (Å²) < 4.78 is 5.29. The second-order valence-corrected chi connectivity index (χ2v) is 5.58. The van der Waals surface area contributed by atoms with Crippen LogP contribution < -0.4 is 10.6 Å². The summed E-state index contributed by atoms with van der Waals surface area (Å²) in [6, 6.07) is 2.59. The highest BCUT2D eigenvalue weighted by atomic mass is 16.5. The van der Waals surface area contributed by atoms with E-state index in [-0.39, 0.29) is 0 Å². The first-order valence-corrected chi connectivity index (χ1v) is 7.68. The van der Waals surface area contributed by atoms with Crippen molar-refractivity contribution < 1.29 is 4.74 Å². The van der Waals surface area contributed by atoms with Crippen LogP contribution in [0.1, 0.15) is 43.5 Å². The van der Waals surface area contributed by atoms with Gasteiger partial charge in [-0.05, 0) is 51.2 Å². The van der Waals surface area contributed by atoms with Crippen LogP contribution in [-0.4, -0.2) is 31.3 Å². The van der Waals surface area contributed by atoms with E-state index in [0.717, 1.165) is 30.8 Å². The van der Waals surface area contributed by atoms with Crippen molar-refractivity contribution in [2.24, 2.45) is 5.73 Å². The second-order valence-electron chi connectivity index (χ2n) is 5.58. The Hall–Kier alpha value is -1.13. The van der Waals surface area contributed by atoms with E-state index in [4.69, 9.17) is 15.5 Å². The van der Waals surface area contributed by atoms with E-state index in [9.17, 15) is 0 Å². The number of nitrogens with two attached hydrogens (primary N) is 1. The van der Waals surface area contributed by atoms with Gasteiger partial charge in [0.1, 0.15) is 5.82 Å². The summed E-state index contributed by atoms with van der Waals surface area (Å²) in [4.78, 5) is 7.26. The molecule has 1 aliphatic carbocycles. The van der Waals surface area contributed by atoms with Gasteiger partial charge in [-0.25, -0.2) is 4.98 Å². The van der Waals surface area contributed by atoms with Gasteiger partial charge in [-0.1, -0.05) is 0 Å². The van der Waals surface area contributed by atoms with Crippen LogP contribution in [0.4, 0.5) is 5.82 Å². The van der Waals surface area contributed by atoms with Crippen LogP contribution in [0.5, 0.6) is 0 Å². The van der Waals surface area contributed by atoms with Gasteiger partial charge in [-0.15, -0.1) is 0 Å². The number of pyridine rings is 1. The zero-order valence-corrected chi connectivity index (χ0v) is 13.0. The van der Waals surface area contributed by atoms with Crippen LogP contribution in [0, 0.1) is 0 Å². The van der Waals surface area contributed by atoms with E-state index in [1.165, 1.54) is 24.1 Å². The molecule has 0 fully saturated rings. The molecule has 112 valence electrons. The lowest BCUT2D eigenvalue weighted by molar-refractivity contribution is 0.181. The smallest absolute Gasteiger partial charge is 0.133 e. The molecular weight excluding hydrogens is 250 g/mol. The largest absolute Gasteiger partial charge is 0.383 e. The number of aromatic nitrogens is 1. The fourth-order valence-electron chi connectivity index (χ4n) is 3.07. The molecule has 0 saturated carbocycles. The van der Waals surface area contributed by atoms with E-state index >= 15 is 0 Å². The zero-order valence-electron chi connectivity index (χ0n) is 13.0. The number of likely N-dealkylation sites (N-methyl/N-ethyl adjacent to an activating group) is 1. The van der Waals surface area contributed by atoms with Gasteiger partial charge in [0.25, 0.3) is 0 Å². The Labute approximate surface area is 122 Å². The van der Waals surface area contributed by atoms with Gasteiger partial charge in [0.05, 0.1) is 12.6 Å². The van der Waals surface area contributed by atoms with Crippen molar-refractivity contribution in [3.63, 3.8) is 0 Å². The summed E-state index contributed by atoms with van der Waals surface area (Å²) >= 11 is 0. The molecule has 2 N–H and O–H groups in total. The number of fused-ring (bicyclic) bond motifs is 1. The lowest BCUT2D eigenvalue weighted by Gasteiger charge is -2.31. The second kappa shape index (κ2) is 7.04. The standard InChI is InChI=1S/C16H27N3O/c1-4-19(12(2)11-20-3)16-14(10-17)9-13-7-5-6-8-15(13)18-16/h9,12H,4-8,10-11,17H2,1-3H3. The zero-order chi connectivity index (χ0) is 14.5. The van der Waals surface area contributed by atoms with Crippen LogP contribution in [0.25, 0.3) is 0 Å². The van der Waals surface area contributed by atoms with Gasteiger partial charge in [0.2, 0.25) is 0 Å². The first-order chi connectivity index (χ1) is 9.71. The monoisotopic (exact) mass is 277 g/mol. The maximum atomic E-state index is 5.95. The lowest BCUT2D eigenvalue weighted by Crippen LogP contribution is -2.38. The van der Waals surface area contributed by atoms with Crippen molar-refractivity contribution in [3.05, 3.63) is 22.9 Å². The molecule has 1 aromatic heterocycles. The number of hydrogen-bond acceptors (Lipinski definition) is 4. The van der Waals surface area contributed by atoms with Gasteiger partial charge >= 0.3 is 0 Å². The van der Waals surface area contributed by atoms with Crippen LogP contribution in [0.15, 0.2) is 6.07 Å². The Morgan fingerprint density at radius 1 is 1.40 bits per heavy atom. The van der Waals surface area contributed by atoms with Gasteiger partial charge < -0.3 is 15.4 Å². The average molecular weight is 277 g/mol. The van der Waals surface area contributed by atoms with Crippen molar-refractivity contribution in [2.45, 2.75) is 52.1 Å². The summed E-state index contributed by atoms with van der Waals surface area (Å²) in [6.07, 6.45) is 4.77. The molecule has 0 bridgehead atoms. The van der Waals surface area contributed by atoms with E-state index in [1.807, 2.05) is 0 Å². The SMILES string of the molecule is CCN(c1nc2c(cc1CN)CCCC2)C(C)COC. The van der Waals surface area contributed by atoms with Crippen molar-refractivity contribution in [2.75, 3.05) is 25.2 Å². The van der Waals surface area contributed by atoms with Crippen molar-refractivity contribution in [1.82, 2.24) is 4.98 Å². The van der Waals surface area contributed by atoms with E-state index in [2.05, 4.69) is 24.8 Å². The Morgan fingerprint density at radius 3 is 2.80 bits per heavy atom. The maximum absolute atomic E-state index is 5.95. The molecule has 1 aliphatic rings. The molecule has 0 aliphatic heterocycles. The molecule has 0 saturated heterocycles. The van der Waals surface area contributed by atoms with Crippen molar-refractivity contribution in [1.29, 1.82) is 0 Å². The Kier molecular flexibility index (Phi) is 5.38. The first-order valence-electron chi connectivity index (χ1n) is 7.68. The van der Waals surface area contributed by atoms with Gasteiger partial charge in [-0.2, -0.15) is 0 Å². The Balaban J connectivity index is 2.37. The minimum atomic E-state index is 0.310. The van der Waals surface area contributed by atoms with Crippen LogP contribution >= 0.6 is 0 Å². The van der Waals surface area contributed by atoms with E-state index in [1.54, 1.807) is 7.11 Å². The molecular formula is C16H27N3O. The maximum Gasteiger partial charge on any atom is 0.133 e. The number of aryl methyl sites for hydroxylation is 2. The van der Waals surface area contributed by atoms with E-state index < -0.39 is 0 Å². The molecule has 2 rings (SSSR count). The normalized spacial score (nSPS) is 15.8. The molecule has 1 aromatic rings. The molecule has 20 heavy (non-hydrogen) atoms. The van der Waals surface area contributed by atoms with Crippen LogP contribution in [-0.2, 0) is 24.1 Å². The molecule has 0 radical (unpaired) electrons. The molecule has 4 heteroatoms. The lowest BCUT2D eigenvalue weighted by atomic mass is 9.94.